The Morgan fingerprint density at radius 1 is 1.36 bits per heavy atom. The quantitative estimate of drug-likeness (QED) is 0.796. The Labute approximate surface area is 90.3 Å². The van der Waals surface area contributed by atoms with Crippen molar-refractivity contribution in [3.8, 4) is 0 Å². The zero-order valence-corrected chi connectivity index (χ0v) is 9.91. The highest BCUT2D eigenvalue weighted by molar-refractivity contribution is 7.10. The summed E-state index contributed by atoms with van der Waals surface area (Å²) in [5.41, 5.74) is 9.14. The highest BCUT2D eigenvalue weighted by Crippen LogP contribution is 2.36. The van der Waals surface area contributed by atoms with Gasteiger partial charge in [0, 0.05) is 16.8 Å². The minimum atomic E-state index is 0.168. The summed E-state index contributed by atoms with van der Waals surface area (Å²) in [6.07, 6.45) is 5.30. The maximum atomic E-state index is 5.84. The van der Waals surface area contributed by atoms with Crippen molar-refractivity contribution in [1.82, 2.24) is 0 Å². The standard InChI is InChI=1S/C12H19NS/c1-12(2,8-13)10-7-14-11-6-4-3-5-9(10)11/h7H,3-6,8,13H2,1-2H3. The molecule has 1 aliphatic carbocycles. The Morgan fingerprint density at radius 2 is 2.07 bits per heavy atom. The Balaban J connectivity index is 2.39. The zero-order valence-electron chi connectivity index (χ0n) is 9.10. The lowest BCUT2D eigenvalue weighted by atomic mass is 9.81. The van der Waals surface area contributed by atoms with Gasteiger partial charge in [0.1, 0.15) is 0 Å². The molecule has 0 bridgehead atoms. The van der Waals surface area contributed by atoms with E-state index in [1.54, 1.807) is 10.4 Å². The van der Waals surface area contributed by atoms with Crippen LogP contribution < -0.4 is 5.73 Å². The van der Waals surface area contributed by atoms with Gasteiger partial charge in [0.25, 0.3) is 0 Å². The monoisotopic (exact) mass is 209 g/mol. The fraction of sp³-hybridized carbons (Fsp3) is 0.667. The van der Waals surface area contributed by atoms with Crippen molar-refractivity contribution in [3.63, 3.8) is 0 Å². The fourth-order valence-electron chi connectivity index (χ4n) is 2.17. The van der Waals surface area contributed by atoms with Gasteiger partial charge in [-0.25, -0.2) is 0 Å². The largest absolute Gasteiger partial charge is 0.330 e. The third-order valence-electron chi connectivity index (χ3n) is 3.30. The van der Waals surface area contributed by atoms with Crippen LogP contribution in [0.15, 0.2) is 5.38 Å². The van der Waals surface area contributed by atoms with Gasteiger partial charge in [-0.05, 0) is 42.2 Å². The Hall–Kier alpha value is -0.340. The summed E-state index contributed by atoms with van der Waals surface area (Å²) >= 11 is 1.94. The Kier molecular flexibility index (Phi) is 2.67. The van der Waals surface area contributed by atoms with Gasteiger partial charge < -0.3 is 5.73 Å². The maximum Gasteiger partial charge on any atom is 0.00802 e. The number of hydrogen-bond donors (Lipinski definition) is 1. The maximum absolute atomic E-state index is 5.84. The molecular weight excluding hydrogens is 190 g/mol. The number of thiophene rings is 1. The van der Waals surface area contributed by atoms with E-state index in [9.17, 15) is 0 Å². The molecule has 2 heteroatoms. The number of rotatable bonds is 2. The van der Waals surface area contributed by atoms with E-state index in [0.717, 1.165) is 6.54 Å². The van der Waals surface area contributed by atoms with Crippen molar-refractivity contribution >= 4 is 11.3 Å². The minimum Gasteiger partial charge on any atom is -0.330 e. The normalized spacial score (nSPS) is 16.8. The van der Waals surface area contributed by atoms with Crippen molar-refractivity contribution in [2.45, 2.75) is 44.9 Å². The van der Waals surface area contributed by atoms with Gasteiger partial charge in [-0.3, -0.25) is 0 Å². The molecule has 0 unspecified atom stereocenters. The van der Waals surface area contributed by atoms with Crippen LogP contribution in [0.1, 0.15) is 42.7 Å². The molecule has 0 aliphatic heterocycles. The summed E-state index contributed by atoms with van der Waals surface area (Å²) in [6.45, 7) is 5.25. The molecule has 0 amide bonds. The predicted molar refractivity (Wildman–Crippen MR) is 63.0 cm³/mol. The van der Waals surface area contributed by atoms with Crippen molar-refractivity contribution in [2.75, 3.05) is 6.54 Å². The van der Waals surface area contributed by atoms with Gasteiger partial charge in [-0.2, -0.15) is 0 Å². The van der Waals surface area contributed by atoms with E-state index in [0.29, 0.717) is 0 Å². The molecule has 0 atom stereocenters. The molecule has 78 valence electrons. The van der Waals surface area contributed by atoms with E-state index in [4.69, 9.17) is 5.73 Å². The fourth-order valence-corrected chi connectivity index (χ4v) is 3.51. The van der Waals surface area contributed by atoms with Crippen LogP contribution >= 0.6 is 11.3 Å². The van der Waals surface area contributed by atoms with Crippen LogP contribution in [0.25, 0.3) is 0 Å². The lowest BCUT2D eigenvalue weighted by Gasteiger charge is -2.25. The molecule has 0 aromatic carbocycles. The molecule has 1 aromatic heterocycles. The molecule has 0 spiro atoms. The molecule has 0 saturated carbocycles. The highest BCUT2D eigenvalue weighted by Gasteiger charge is 2.26. The van der Waals surface area contributed by atoms with Crippen molar-refractivity contribution in [2.24, 2.45) is 5.73 Å². The van der Waals surface area contributed by atoms with Crippen LogP contribution in [-0.4, -0.2) is 6.54 Å². The first-order valence-electron chi connectivity index (χ1n) is 5.45. The van der Waals surface area contributed by atoms with E-state index in [-0.39, 0.29) is 5.41 Å². The summed E-state index contributed by atoms with van der Waals surface area (Å²) in [5, 5.41) is 2.34. The van der Waals surface area contributed by atoms with Gasteiger partial charge >= 0.3 is 0 Å². The zero-order chi connectivity index (χ0) is 10.2. The molecule has 14 heavy (non-hydrogen) atoms. The molecule has 1 nitrogen and oxygen atoms in total. The van der Waals surface area contributed by atoms with Gasteiger partial charge in [0.05, 0.1) is 0 Å². The topological polar surface area (TPSA) is 26.0 Å². The lowest BCUT2D eigenvalue weighted by molar-refractivity contribution is 0.529. The molecule has 0 fully saturated rings. The molecule has 1 aromatic rings. The summed E-state index contributed by atoms with van der Waals surface area (Å²) in [5.74, 6) is 0. The third kappa shape index (κ3) is 1.61. The molecule has 1 aliphatic rings. The highest BCUT2D eigenvalue weighted by atomic mass is 32.1. The molecule has 0 radical (unpaired) electrons. The van der Waals surface area contributed by atoms with Crippen LogP contribution in [0.2, 0.25) is 0 Å². The molecule has 0 saturated heterocycles. The summed E-state index contributed by atoms with van der Waals surface area (Å²) < 4.78 is 0. The number of aryl methyl sites for hydroxylation is 1. The minimum absolute atomic E-state index is 0.168. The molecule has 1 heterocycles. The second-order valence-electron chi connectivity index (χ2n) is 4.85. The predicted octanol–water partition coefficient (Wildman–Crippen LogP) is 2.86. The van der Waals surface area contributed by atoms with E-state index < -0.39 is 0 Å². The van der Waals surface area contributed by atoms with Crippen molar-refractivity contribution in [1.29, 1.82) is 0 Å². The summed E-state index contributed by atoms with van der Waals surface area (Å²) in [4.78, 5) is 1.62. The Morgan fingerprint density at radius 3 is 2.79 bits per heavy atom. The van der Waals surface area contributed by atoms with Gasteiger partial charge in [0.15, 0.2) is 0 Å². The van der Waals surface area contributed by atoms with Crippen LogP contribution in [0, 0.1) is 0 Å². The van der Waals surface area contributed by atoms with Crippen LogP contribution in [-0.2, 0) is 18.3 Å². The van der Waals surface area contributed by atoms with Crippen LogP contribution in [0.4, 0.5) is 0 Å². The summed E-state index contributed by atoms with van der Waals surface area (Å²) in [6, 6.07) is 0. The average Bonchev–Trinajstić information content (AvgIpc) is 2.61. The second kappa shape index (κ2) is 3.67. The SMILES string of the molecule is CC(C)(CN)c1csc2c1CCCC2. The van der Waals surface area contributed by atoms with Crippen LogP contribution in [0.3, 0.4) is 0 Å². The van der Waals surface area contributed by atoms with E-state index in [1.165, 1.54) is 31.2 Å². The lowest BCUT2D eigenvalue weighted by Crippen LogP contribution is -2.29. The Bertz CT molecular complexity index is 325. The first-order chi connectivity index (χ1) is 6.65. The van der Waals surface area contributed by atoms with Gasteiger partial charge in [0.2, 0.25) is 0 Å². The smallest absolute Gasteiger partial charge is 0.00802 e. The van der Waals surface area contributed by atoms with Gasteiger partial charge in [-0.15, -0.1) is 11.3 Å². The van der Waals surface area contributed by atoms with E-state index in [1.807, 2.05) is 11.3 Å². The average molecular weight is 209 g/mol. The third-order valence-corrected chi connectivity index (χ3v) is 4.39. The number of nitrogens with two attached hydrogens (primary N) is 1. The number of fused-ring (bicyclic) bond motifs is 1. The first-order valence-corrected chi connectivity index (χ1v) is 6.33. The second-order valence-corrected chi connectivity index (χ2v) is 5.81. The summed E-state index contributed by atoms with van der Waals surface area (Å²) in [7, 11) is 0. The first kappa shape index (κ1) is 10.2. The van der Waals surface area contributed by atoms with Crippen molar-refractivity contribution < 1.29 is 0 Å². The van der Waals surface area contributed by atoms with Crippen molar-refractivity contribution in [3.05, 3.63) is 21.4 Å². The van der Waals surface area contributed by atoms with E-state index >= 15 is 0 Å². The number of hydrogen-bond acceptors (Lipinski definition) is 2. The molecule has 2 N–H and O–H groups in total. The molecule has 2 rings (SSSR count). The van der Waals surface area contributed by atoms with Gasteiger partial charge in [-0.1, -0.05) is 13.8 Å². The molecular formula is C12H19NS. The van der Waals surface area contributed by atoms with E-state index in [2.05, 4.69) is 19.2 Å². The van der Waals surface area contributed by atoms with Crippen LogP contribution in [0.5, 0.6) is 0 Å².